The van der Waals surface area contributed by atoms with Gasteiger partial charge in [-0.3, -0.25) is 0 Å². The Morgan fingerprint density at radius 2 is 2.06 bits per heavy atom. The van der Waals surface area contributed by atoms with Crippen LogP contribution in [0.5, 0.6) is 0 Å². The van der Waals surface area contributed by atoms with Crippen LogP contribution in [0.3, 0.4) is 0 Å². The van der Waals surface area contributed by atoms with E-state index in [-0.39, 0.29) is 28.9 Å². The van der Waals surface area contributed by atoms with Crippen LogP contribution in [-0.2, 0) is 10.0 Å². The van der Waals surface area contributed by atoms with E-state index in [9.17, 15) is 8.42 Å². The number of sulfonamides is 1. The predicted octanol–water partition coefficient (Wildman–Crippen LogP) is 2.41. The summed E-state index contributed by atoms with van der Waals surface area (Å²) in [5.41, 5.74) is 0. The summed E-state index contributed by atoms with van der Waals surface area (Å²) >= 11 is 5.94. The van der Waals surface area contributed by atoms with Crippen molar-refractivity contribution in [2.45, 2.75) is 30.2 Å². The van der Waals surface area contributed by atoms with E-state index in [1.54, 1.807) is 18.2 Å². The molecule has 0 atom stereocenters. The Kier molecular flexibility index (Phi) is 3.91. The van der Waals surface area contributed by atoms with Gasteiger partial charge in [-0.1, -0.05) is 23.7 Å². The van der Waals surface area contributed by atoms with E-state index < -0.39 is 10.0 Å². The first kappa shape index (κ1) is 13.3. The number of rotatable bonds is 5. The standard InChI is InChI=1S/C12H13ClN2O2S/c13-11-4-1-2-5-12(11)18(16,17)15(9-3-8-14)10-6-7-10/h1-2,4-5,10H,3,6-7,9H2. The summed E-state index contributed by atoms with van der Waals surface area (Å²) < 4.78 is 26.3. The van der Waals surface area contributed by atoms with Crippen LogP contribution in [0.1, 0.15) is 19.3 Å². The molecule has 0 N–H and O–H groups in total. The summed E-state index contributed by atoms with van der Waals surface area (Å²) in [4.78, 5) is 0.122. The molecular weight excluding hydrogens is 272 g/mol. The molecule has 96 valence electrons. The molecule has 1 aromatic rings. The van der Waals surface area contributed by atoms with Crippen LogP contribution >= 0.6 is 11.6 Å². The summed E-state index contributed by atoms with van der Waals surface area (Å²) in [6.07, 6.45) is 1.91. The van der Waals surface area contributed by atoms with E-state index in [1.807, 2.05) is 6.07 Å². The first-order chi connectivity index (χ1) is 8.57. The van der Waals surface area contributed by atoms with Gasteiger partial charge in [0, 0.05) is 19.0 Å². The fourth-order valence-electron chi connectivity index (χ4n) is 1.80. The van der Waals surface area contributed by atoms with Gasteiger partial charge in [-0.15, -0.1) is 0 Å². The first-order valence-corrected chi connectivity index (χ1v) is 7.52. The van der Waals surface area contributed by atoms with E-state index in [4.69, 9.17) is 16.9 Å². The maximum atomic E-state index is 12.5. The van der Waals surface area contributed by atoms with Crippen molar-refractivity contribution < 1.29 is 8.42 Å². The van der Waals surface area contributed by atoms with Crippen molar-refractivity contribution in [2.24, 2.45) is 0 Å². The van der Waals surface area contributed by atoms with Gasteiger partial charge in [0.25, 0.3) is 0 Å². The number of hydrogen-bond donors (Lipinski definition) is 0. The van der Waals surface area contributed by atoms with Crippen LogP contribution < -0.4 is 0 Å². The maximum absolute atomic E-state index is 12.5. The average molecular weight is 285 g/mol. The lowest BCUT2D eigenvalue weighted by Gasteiger charge is -2.21. The third kappa shape index (κ3) is 2.66. The van der Waals surface area contributed by atoms with Crippen molar-refractivity contribution >= 4 is 21.6 Å². The van der Waals surface area contributed by atoms with E-state index >= 15 is 0 Å². The molecule has 4 nitrogen and oxygen atoms in total. The number of halogens is 1. The largest absolute Gasteiger partial charge is 0.244 e. The normalized spacial score (nSPS) is 15.6. The molecule has 18 heavy (non-hydrogen) atoms. The zero-order chi connectivity index (χ0) is 13.2. The van der Waals surface area contributed by atoms with Crippen LogP contribution in [0.15, 0.2) is 29.2 Å². The van der Waals surface area contributed by atoms with Gasteiger partial charge in [-0.05, 0) is 25.0 Å². The second-order valence-corrected chi connectivity index (χ2v) is 6.45. The Hall–Kier alpha value is -1.09. The minimum absolute atomic E-state index is 0.0274. The van der Waals surface area contributed by atoms with Crippen molar-refractivity contribution in [3.63, 3.8) is 0 Å². The Morgan fingerprint density at radius 3 is 2.61 bits per heavy atom. The van der Waals surface area contributed by atoms with Crippen molar-refractivity contribution in [1.29, 1.82) is 5.26 Å². The average Bonchev–Trinajstić information content (AvgIpc) is 3.14. The molecular formula is C12H13ClN2O2S. The maximum Gasteiger partial charge on any atom is 0.244 e. The van der Waals surface area contributed by atoms with Crippen LogP contribution in [0, 0.1) is 11.3 Å². The lowest BCUT2D eigenvalue weighted by atomic mass is 10.4. The van der Waals surface area contributed by atoms with Crippen molar-refractivity contribution in [2.75, 3.05) is 6.54 Å². The van der Waals surface area contributed by atoms with E-state index in [0.717, 1.165) is 12.8 Å². The fourth-order valence-corrected chi connectivity index (χ4v) is 3.98. The quantitative estimate of drug-likeness (QED) is 0.834. The van der Waals surface area contributed by atoms with Crippen molar-refractivity contribution in [3.8, 4) is 6.07 Å². The zero-order valence-corrected chi connectivity index (χ0v) is 11.3. The topological polar surface area (TPSA) is 61.2 Å². The minimum Gasteiger partial charge on any atom is -0.207 e. The molecule has 0 unspecified atom stereocenters. The second-order valence-electron chi connectivity index (χ2n) is 4.19. The Balaban J connectivity index is 2.34. The highest BCUT2D eigenvalue weighted by atomic mass is 35.5. The van der Waals surface area contributed by atoms with Gasteiger partial charge in [0.1, 0.15) is 4.90 Å². The first-order valence-electron chi connectivity index (χ1n) is 5.70. The summed E-state index contributed by atoms with van der Waals surface area (Å²) in [7, 11) is -3.59. The van der Waals surface area contributed by atoms with Crippen LogP contribution in [0.4, 0.5) is 0 Å². The fraction of sp³-hybridized carbons (Fsp3) is 0.417. The third-order valence-electron chi connectivity index (χ3n) is 2.82. The smallest absolute Gasteiger partial charge is 0.207 e. The van der Waals surface area contributed by atoms with Gasteiger partial charge in [-0.2, -0.15) is 9.57 Å². The summed E-state index contributed by atoms with van der Waals surface area (Å²) in [5, 5.41) is 8.83. The molecule has 0 bridgehead atoms. The molecule has 1 aromatic carbocycles. The second kappa shape index (κ2) is 5.27. The SMILES string of the molecule is N#CCCN(C1CC1)S(=O)(=O)c1ccccc1Cl. The molecule has 0 saturated heterocycles. The Labute approximate surface area is 112 Å². The predicted molar refractivity (Wildman–Crippen MR) is 68.6 cm³/mol. The number of nitriles is 1. The molecule has 0 aliphatic heterocycles. The molecule has 0 spiro atoms. The molecule has 2 rings (SSSR count). The molecule has 0 heterocycles. The highest BCUT2D eigenvalue weighted by Gasteiger charge is 2.38. The van der Waals surface area contributed by atoms with Crippen molar-refractivity contribution in [1.82, 2.24) is 4.31 Å². The monoisotopic (exact) mass is 284 g/mol. The minimum atomic E-state index is -3.59. The molecule has 0 amide bonds. The molecule has 0 aromatic heterocycles. The van der Waals surface area contributed by atoms with Gasteiger partial charge >= 0.3 is 0 Å². The summed E-state index contributed by atoms with van der Waals surface area (Å²) in [5.74, 6) is 0. The molecule has 0 radical (unpaired) electrons. The van der Waals surface area contributed by atoms with E-state index in [0.29, 0.717) is 0 Å². The third-order valence-corrected chi connectivity index (χ3v) is 5.27. The van der Waals surface area contributed by atoms with Crippen molar-refractivity contribution in [3.05, 3.63) is 29.3 Å². The van der Waals surface area contributed by atoms with Gasteiger partial charge in [0.15, 0.2) is 0 Å². The lowest BCUT2D eigenvalue weighted by Crippen LogP contribution is -2.34. The van der Waals surface area contributed by atoms with Gasteiger partial charge in [0.2, 0.25) is 10.0 Å². The molecule has 1 fully saturated rings. The molecule has 6 heteroatoms. The van der Waals surface area contributed by atoms with E-state index in [2.05, 4.69) is 0 Å². The summed E-state index contributed by atoms with van der Waals surface area (Å²) in [6.45, 7) is 0.231. The molecule has 1 aliphatic rings. The number of benzene rings is 1. The van der Waals surface area contributed by atoms with E-state index in [1.165, 1.54) is 10.4 Å². The Bertz CT molecular complexity index is 576. The number of nitrogens with zero attached hydrogens (tertiary/aromatic N) is 2. The van der Waals surface area contributed by atoms with Gasteiger partial charge < -0.3 is 0 Å². The summed E-state index contributed by atoms with van der Waals surface area (Å²) in [6, 6.07) is 8.41. The van der Waals surface area contributed by atoms with Crippen LogP contribution in [-0.4, -0.2) is 25.3 Å². The van der Waals surface area contributed by atoms with Gasteiger partial charge in [0.05, 0.1) is 11.1 Å². The zero-order valence-electron chi connectivity index (χ0n) is 9.71. The van der Waals surface area contributed by atoms with Crippen LogP contribution in [0.2, 0.25) is 5.02 Å². The highest BCUT2D eigenvalue weighted by molar-refractivity contribution is 7.89. The number of hydrogen-bond acceptors (Lipinski definition) is 3. The van der Waals surface area contributed by atoms with Gasteiger partial charge in [-0.25, -0.2) is 8.42 Å². The molecule has 1 aliphatic carbocycles. The Morgan fingerprint density at radius 1 is 1.39 bits per heavy atom. The molecule has 1 saturated carbocycles. The highest BCUT2D eigenvalue weighted by Crippen LogP contribution is 2.34. The lowest BCUT2D eigenvalue weighted by molar-refractivity contribution is 0.411. The van der Waals surface area contributed by atoms with Crippen LogP contribution in [0.25, 0.3) is 0 Å².